The Morgan fingerprint density at radius 3 is 2.59 bits per heavy atom. The number of piperazine rings is 1. The van der Waals surface area contributed by atoms with Gasteiger partial charge in [0.15, 0.2) is 4.34 Å². The van der Waals surface area contributed by atoms with Crippen molar-refractivity contribution >= 4 is 46.1 Å². The first-order chi connectivity index (χ1) is 14.0. The van der Waals surface area contributed by atoms with Crippen LogP contribution >= 0.6 is 23.1 Å². The zero-order valence-electron chi connectivity index (χ0n) is 16.6. The SMILES string of the molecule is CC(C)NC(=O)CSc1nnc(N2CCN(C(=O)/C=C/c3ccccc3)CC2)s1. The summed E-state index contributed by atoms with van der Waals surface area (Å²) >= 11 is 2.88. The number of nitrogens with one attached hydrogen (secondary N) is 1. The van der Waals surface area contributed by atoms with Crippen molar-refractivity contribution < 1.29 is 9.59 Å². The van der Waals surface area contributed by atoms with Crippen LogP contribution in [0.1, 0.15) is 19.4 Å². The number of nitrogens with zero attached hydrogens (tertiary/aromatic N) is 4. The molecule has 1 saturated heterocycles. The number of aromatic nitrogens is 2. The molecule has 2 heterocycles. The number of hydrogen-bond acceptors (Lipinski definition) is 7. The third-order valence-corrected chi connectivity index (χ3v) is 6.37. The van der Waals surface area contributed by atoms with Gasteiger partial charge in [-0.3, -0.25) is 9.59 Å². The maximum Gasteiger partial charge on any atom is 0.246 e. The van der Waals surface area contributed by atoms with Crippen molar-refractivity contribution in [2.75, 3.05) is 36.8 Å². The first-order valence-electron chi connectivity index (χ1n) is 9.54. The largest absolute Gasteiger partial charge is 0.353 e. The number of carbonyl (C=O) groups is 2. The molecular weight excluding hydrogens is 406 g/mol. The molecule has 0 bridgehead atoms. The number of rotatable bonds is 7. The summed E-state index contributed by atoms with van der Waals surface area (Å²) in [7, 11) is 0. The molecule has 0 saturated carbocycles. The van der Waals surface area contributed by atoms with Crippen molar-refractivity contribution in [1.29, 1.82) is 0 Å². The molecule has 3 rings (SSSR count). The predicted octanol–water partition coefficient (Wildman–Crippen LogP) is 2.52. The molecule has 0 atom stereocenters. The van der Waals surface area contributed by atoms with E-state index in [1.807, 2.05) is 55.2 Å². The summed E-state index contributed by atoms with van der Waals surface area (Å²) in [6, 6.07) is 9.94. The van der Waals surface area contributed by atoms with Crippen LogP contribution in [0.2, 0.25) is 0 Å². The summed E-state index contributed by atoms with van der Waals surface area (Å²) in [6.07, 6.45) is 3.48. The Labute approximate surface area is 179 Å². The smallest absolute Gasteiger partial charge is 0.246 e. The summed E-state index contributed by atoms with van der Waals surface area (Å²) in [4.78, 5) is 28.1. The third kappa shape index (κ3) is 6.57. The Balaban J connectivity index is 1.46. The van der Waals surface area contributed by atoms with Crippen LogP contribution in [0.3, 0.4) is 0 Å². The highest BCUT2D eigenvalue weighted by atomic mass is 32.2. The van der Waals surface area contributed by atoms with Crippen molar-refractivity contribution in [2.24, 2.45) is 0 Å². The van der Waals surface area contributed by atoms with Gasteiger partial charge in [0.05, 0.1) is 5.75 Å². The number of thioether (sulfide) groups is 1. The number of hydrogen-bond donors (Lipinski definition) is 1. The highest BCUT2D eigenvalue weighted by Gasteiger charge is 2.22. The van der Waals surface area contributed by atoms with Crippen molar-refractivity contribution in [3.63, 3.8) is 0 Å². The average Bonchev–Trinajstić information content (AvgIpc) is 3.20. The normalized spacial score (nSPS) is 14.6. The van der Waals surface area contributed by atoms with Crippen LogP contribution in [0, 0.1) is 0 Å². The predicted molar refractivity (Wildman–Crippen MR) is 118 cm³/mol. The van der Waals surface area contributed by atoms with Crippen LogP contribution in [0.25, 0.3) is 6.08 Å². The van der Waals surface area contributed by atoms with Gasteiger partial charge in [-0.15, -0.1) is 10.2 Å². The van der Waals surface area contributed by atoms with Gasteiger partial charge >= 0.3 is 0 Å². The Morgan fingerprint density at radius 1 is 1.17 bits per heavy atom. The van der Waals surface area contributed by atoms with Gasteiger partial charge in [0.2, 0.25) is 16.9 Å². The van der Waals surface area contributed by atoms with E-state index in [0.29, 0.717) is 18.8 Å². The molecule has 154 valence electrons. The quantitative estimate of drug-likeness (QED) is 0.536. The maximum atomic E-state index is 12.4. The molecule has 2 aromatic rings. The van der Waals surface area contributed by atoms with Gasteiger partial charge in [-0.25, -0.2) is 0 Å². The number of amides is 2. The summed E-state index contributed by atoms with van der Waals surface area (Å²) < 4.78 is 0.781. The number of anilines is 1. The molecule has 1 aromatic carbocycles. The second-order valence-corrected chi connectivity index (χ2v) is 9.10. The minimum atomic E-state index is -0.00238. The van der Waals surface area contributed by atoms with Crippen LogP contribution in [-0.2, 0) is 9.59 Å². The van der Waals surface area contributed by atoms with E-state index in [0.717, 1.165) is 28.1 Å². The van der Waals surface area contributed by atoms with Crippen molar-refractivity contribution in [3.05, 3.63) is 42.0 Å². The fourth-order valence-corrected chi connectivity index (χ4v) is 4.54. The lowest BCUT2D eigenvalue weighted by molar-refractivity contribution is -0.126. The Morgan fingerprint density at radius 2 is 1.90 bits per heavy atom. The molecule has 1 aliphatic heterocycles. The molecule has 0 spiro atoms. The number of carbonyl (C=O) groups excluding carboxylic acids is 2. The van der Waals surface area contributed by atoms with E-state index in [2.05, 4.69) is 20.4 Å². The van der Waals surface area contributed by atoms with E-state index in [1.54, 1.807) is 6.08 Å². The second kappa shape index (κ2) is 10.4. The Kier molecular flexibility index (Phi) is 7.65. The Bertz CT molecular complexity index is 846. The molecule has 0 radical (unpaired) electrons. The third-order valence-electron chi connectivity index (χ3n) is 4.25. The van der Waals surface area contributed by atoms with E-state index in [1.165, 1.54) is 23.1 Å². The fraction of sp³-hybridized carbons (Fsp3) is 0.400. The number of benzene rings is 1. The zero-order chi connectivity index (χ0) is 20.6. The van der Waals surface area contributed by atoms with Gasteiger partial charge in [0.1, 0.15) is 0 Å². The van der Waals surface area contributed by atoms with E-state index >= 15 is 0 Å². The molecule has 29 heavy (non-hydrogen) atoms. The first-order valence-corrected chi connectivity index (χ1v) is 11.3. The Hall–Kier alpha value is -2.39. The molecule has 1 fully saturated rings. The average molecular weight is 432 g/mol. The molecule has 1 N–H and O–H groups in total. The highest BCUT2D eigenvalue weighted by molar-refractivity contribution is 8.01. The molecule has 9 heteroatoms. The highest BCUT2D eigenvalue weighted by Crippen LogP contribution is 2.28. The molecule has 1 aliphatic rings. The summed E-state index contributed by atoms with van der Waals surface area (Å²) in [5, 5.41) is 12.1. The van der Waals surface area contributed by atoms with Crippen LogP contribution < -0.4 is 10.2 Å². The summed E-state index contributed by atoms with van der Waals surface area (Å²) in [6.45, 7) is 6.62. The lowest BCUT2D eigenvalue weighted by atomic mass is 10.2. The van der Waals surface area contributed by atoms with Gasteiger partial charge in [-0.1, -0.05) is 53.4 Å². The maximum absolute atomic E-state index is 12.4. The van der Waals surface area contributed by atoms with Gasteiger partial charge in [0.25, 0.3) is 0 Å². The molecule has 7 nitrogen and oxygen atoms in total. The second-order valence-electron chi connectivity index (χ2n) is 6.92. The minimum Gasteiger partial charge on any atom is -0.353 e. The fourth-order valence-electron chi connectivity index (χ4n) is 2.83. The van der Waals surface area contributed by atoms with Crippen LogP contribution in [0.15, 0.2) is 40.7 Å². The monoisotopic (exact) mass is 431 g/mol. The summed E-state index contributed by atoms with van der Waals surface area (Å²) in [5.74, 6) is 0.360. The molecule has 2 amide bonds. The standard InChI is InChI=1S/C20H25N5O2S2/c1-15(2)21-17(26)14-28-20-23-22-19(29-20)25-12-10-24(11-13-25)18(27)9-8-16-6-4-3-5-7-16/h3-9,15H,10-14H2,1-2H3,(H,21,26)/b9-8+. The van der Waals surface area contributed by atoms with Crippen LogP contribution in [-0.4, -0.2) is 64.9 Å². The van der Waals surface area contributed by atoms with Crippen molar-refractivity contribution in [3.8, 4) is 0 Å². The lowest BCUT2D eigenvalue weighted by Crippen LogP contribution is -2.48. The van der Waals surface area contributed by atoms with E-state index in [-0.39, 0.29) is 17.9 Å². The molecular formula is C20H25N5O2S2. The van der Waals surface area contributed by atoms with Crippen molar-refractivity contribution in [1.82, 2.24) is 20.4 Å². The zero-order valence-corrected chi connectivity index (χ0v) is 18.2. The van der Waals surface area contributed by atoms with Gasteiger partial charge < -0.3 is 15.1 Å². The summed E-state index contributed by atoms with van der Waals surface area (Å²) in [5.41, 5.74) is 1.01. The van der Waals surface area contributed by atoms with E-state index in [9.17, 15) is 9.59 Å². The van der Waals surface area contributed by atoms with E-state index in [4.69, 9.17) is 0 Å². The topological polar surface area (TPSA) is 78.4 Å². The van der Waals surface area contributed by atoms with E-state index < -0.39 is 0 Å². The van der Waals surface area contributed by atoms with Crippen molar-refractivity contribution in [2.45, 2.75) is 24.2 Å². The van der Waals surface area contributed by atoms with Crippen LogP contribution in [0.4, 0.5) is 5.13 Å². The molecule has 1 aromatic heterocycles. The van der Waals surface area contributed by atoms with Crippen LogP contribution in [0.5, 0.6) is 0 Å². The van der Waals surface area contributed by atoms with Gasteiger partial charge in [-0.2, -0.15) is 0 Å². The van der Waals surface area contributed by atoms with Gasteiger partial charge in [0, 0.05) is 38.3 Å². The first kappa shape index (κ1) is 21.3. The minimum absolute atomic E-state index is 0.00238. The van der Waals surface area contributed by atoms with Gasteiger partial charge in [-0.05, 0) is 25.5 Å². The molecule has 0 aliphatic carbocycles. The molecule has 0 unspecified atom stereocenters. The lowest BCUT2D eigenvalue weighted by Gasteiger charge is -2.33.